The minimum Gasteiger partial charge on any atom is -0.294 e. The molecule has 0 atom stereocenters. The fourth-order valence-corrected chi connectivity index (χ4v) is 3.20. The Morgan fingerprint density at radius 1 is 1.05 bits per heavy atom. The molecule has 0 saturated heterocycles. The summed E-state index contributed by atoms with van der Waals surface area (Å²) in [7, 11) is 0. The van der Waals surface area contributed by atoms with Crippen LogP contribution >= 0.6 is 0 Å². The van der Waals surface area contributed by atoms with Gasteiger partial charge in [-0.15, -0.1) is 0 Å². The highest BCUT2D eigenvalue weighted by atomic mass is 16.1. The molecule has 1 heterocycles. The number of nitrogens with one attached hydrogen (secondary N) is 1. The monoisotopic (exact) mass is 270 g/mol. The fourth-order valence-electron chi connectivity index (χ4n) is 3.20. The summed E-state index contributed by atoms with van der Waals surface area (Å²) in [5.74, 6) is 0. The standard InChI is InChI=1S/C17H22N2O/c1-13-16(14-9-5-4-6-10-14)18-19(17(13)20)15-11-7-2-3-8-12-15/h4-6,9-10,15,18H,2-3,7-8,11-12H2,1H3. The minimum atomic E-state index is 0.149. The average Bonchev–Trinajstić information content (AvgIpc) is 2.69. The van der Waals surface area contributed by atoms with Gasteiger partial charge < -0.3 is 0 Å². The maximum Gasteiger partial charge on any atom is 0.270 e. The average molecular weight is 270 g/mol. The van der Waals surface area contributed by atoms with E-state index in [0.717, 1.165) is 29.7 Å². The van der Waals surface area contributed by atoms with Gasteiger partial charge >= 0.3 is 0 Å². The smallest absolute Gasteiger partial charge is 0.270 e. The number of benzene rings is 1. The van der Waals surface area contributed by atoms with Crippen LogP contribution in [0.2, 0.25) is 0 Å². The first-order valence-corrected chi connectivity index (χ1v) is 7.64. The van der Waals surface area contributed by atoms with Gasteiger partial charge in [0, 0.05) is 5.56 Å². The van der Waals surface area contributed by atoms with Crippen LogP contribution in [0.4, 0.5) is 0 Å². The van der Waals surface area contributed by atoms with Crippen LogP contribution in [-0.4, -0.2) is 9.78 Å². The van der Waals surface area contributed by atoms with Gasteiger partial charge in [0.2, 0.25) is 0 Å². The number of aromatic nitrogens is 2. The third-order valence-electron chi connectivity index (χ3n) is 4.40. The van der Waals surface area contributed by atoms with E-state index in [0.29, 0.717) is 6.04 Å². The van der Waals surface area contributed by atoms with E-state index < -0.39 is 0 Å². The van der Waals surface area contributed by atoms with Crippen LogP contribution in [-0.2, 0) is 0 Å². The largest absolute Gasteiger partial charge is 0.294 e. The van der Waals surface area contributed by atoms with Crippen molar-refractivity contribution in [2.45, 2.75) is 51.5 Å². The van der Waals surface area contributed by atoms with Crippen LogP contribution in [0.5, 0.6) is 0 Å². The van der Waals surface area contributed by atoms with Crippen molar-refractivity contribution in [3.63, 3.8) is 0 Å². The Morgan fingerprint density at radius 3 is 2.35 bits per heavy atom. The van der Waals surface area contributed by atoms with Gasteiger partial charge in [-0.3, -0.25) is 9.89 Å². The molecule has 0 spiro atoms. The number of hydrogen-bond donors (Lipinski definition) is 1. The minimum absolute atomic E-state index is 0.149. The Hall–Kier alpha value is -1.77. The zero-order valence-electron chi connectivity index (χ0n) is 12.1. The van der Waals surface area contributed by atoms with E-state index in [-0.39, 0.29) is 5.56 Å². The van der Waals surface area contributed by atoms with Crippen molar-refractivity contribution in [3.8, 4) is 11.3 Å². The molecule has 3 nitrogen and oxygen atoms in total. The summed E-state index contributed by atoms with van der Waals surface area (Å²) in [4.78, 5) is 12.5. The lowest BCUT2D eigenvalue weighted by Crippen LogP contribution is -2.23. The van der Waals surface area contributed by atoms with Crippen LogP contribution < -0.4 is 5.56 Å². The molecule has 1 N–H and O–H groups in total. The summed E-state index contributed by atoms with van der Waals surface area (Å²) < 4.78 is 1.88. The molecule has 0 bridgehead atoms. The quantitative estimate of drug-likeness (QED) is 0.821. The second kappa shape index (κ2) is 5.70. The number of hydrogen-bond acceptors (Lipinski definition) is 1. The molecule has 20 heavy (non-hydrogen) atoms. The van der Waals surface area contributed by atoms with Crippen LogP contribution in [0.15, 0.2) is 35.1 Å². The van der Waals surface area contributed by atoms with E-state index in [1.54, 1.807) is 0 Å². The lowest BCUT2D eigenvalue weighted by Gasteiger charge is -2.14. The molecular formula is C17H22N2O. The molecule has 1 aliphatic carbocycles. The highest BCUT2D eigenvalue weighted by molar-refractivity contribution is 5.62. The first-order chi connectivity index (χ1) is 9.77. The number of H-pyrrole nitrogens is 1. The van der Waals surface area contributed by atoms with Gasteiger partial charge in [0.05, 0.1) is 11.7 Å². The van der Waals surface area contributed by atoms with Crippen molar-refractivity contribution in [1.29, 1.82) is 0 Å². The molecule has 1 aliphatic rings. The maximum absolute atomic E-state index is 12.5. The molecule has 3 heteroatoms. The van der Waals surface area contributed by atoms with E-state index in [1.165, 1.54) is 25.7 Å². The predicted molar refractivity (Wildman–Crippen MR) is 82.0 cm³/mol. The zero-order valence-corrected chi connectivity index (χ0v) is 12.1. The summed E-state index contributed by atoms with van der Waals surface area (Å²) in [6.07, 6.45) is 7.31. The molecule has 1 aromatic heterocycles. The highest BCUT2D eigenvalue weighted by Crippen LogP contribution is 2.27. The maximum atomic E-state index is 12.5. The van der Waals surface area contributed by atoms with Crippen molar-refractivity contribution in [1.82, 2.24) is 9.78 Å². The molecule has 1 fully saturated rings. The highest BCUT2D eigenvalue weighted by Gasteiger charge is 2.19. The summed E-state index contributed by atoms with van der Waals surface area (Å²) in [5, 5.41) is 3.37. The van der Waals surface area contributed by atoms with Gasteiger partial charge in [0.15, 0.2) is 0 Å². The van der Waals surface area contributed by atoms with Crippen LogP contribution in [0.25, 0.3) is 11.3 Å². The molecule has 1 aromatic carbocycles. The van der Waals surface area contributed by atoms with Gasteiger partial charge in [-0.25, -0.2) is 4.68 Å². The lowest BCUT2D eigenvalue weighted by molar-refractivity contribution is 0.396. The molecule has 0 amide bonds. The SMILES string of the molecule is Cc1c(-c2ccccc2)[nH]n(C2CCCCCC2)c1=O. The van der Waals surface area contributed by atoms with E-state index in [2.05, 4.69) is 17.2 Å². The molecule has 0 aliphatic heterocycles. The Balaban J connectivity index is 1.99. The zero-order chi connectivity index (χ0) is 13.9. The predicted octanol–water partition coefficient (Wildman–Crippen LogP) is 4.05. The first kappa shape index (κ1) is 13.2. The summed E-state index contributed by atoms with van der Waals surface area (Å²) in [6.45, 7) is 1.92. The third kappa shape index (κ3) is 2.45. The topological polar surface area (TPSA) is 37.8 Å². The Bertz CT molecular complexity index is 616. The van der Waals surface area contributed by atoms with Crippen LogP contribution in [0.3, 0.4) is 0 Å². The third-order valence-corrected chi connectivity index (χ3v) is 4.40. The van der Waals surface area contributed by atoms with E-state index >= 15 is 0 Å². The Kier molecular flexibility index (Phi) is 3.77. The Morgan fingerprint density at radius 2 is 1.70 bits per heavy atom. The molecule has 1 saturated carbocycles. The van der Waals surface area contributed by atoms with Crippen molar-refractivity contribution < 1.29 is 0 Å². The molecule has 2 aromatic rings. The Labute approximate surface area is 119 Å². The van der Waals surface area contributed by atoms with E-state index in [1.807, 2.05) is 29.8 Å². The van der Waals surface area contributed by atoms with Gasteiger partial charge in [0.25, 0.3) is 5.56 Å². The lowest BCUT2D eigenvalue weighted by atomic mass is 10.1. The number of aromatic amines is 1. The van der Waals surface area contributed by atoms with Gasteiger partial charge in [0.1, 0.15) is 0 Å². The van der Waals surface area contributed by atoms with E-state index in [9.17, 15) is 4.79 Å². The molecule has 0 unspecified atom stereocenters. The fraction of sp³-hybridized carbons (Fsp3) is 0.471. The molecule has 3 rings (SSSR count). The summed E-state index contributed by atoms with van der Waals surface area (Å²) in [5.41, 5.74) is 3.05. The molecule has 0 radical (unpaired) electrons. The summed E-state index contributed by atoms with van der Waals surface area (Å²) in [6, 6.07) is 10.5. The number of nitrogens with zero attached hydrogens (tertiary/aromatic N) is 1. The second-order valence-electron chi connectivity index (χ2n) is 5.80. The van der Waals surface area contributed by atoms with Gasteiger partial charge in [-0.1, -0.05) is 56.0 Å². The summed E-state index contributed by atoms with van der Waals surface area (Å²) >= 11 is 0. The van der Waals surface area contributed by atoms with Gasteiger partial charge in [-0.2, -0.15) is 0 Å². The van der Waals surface area contributed by atoms with Crippen LogP contribution in [0.1, 0.15) is 50.1 Å². The second-order valence-corrected chi connectivity index (χ2v) is 5.80. The van der Waals surface area contributed by atoms with Crippen molar-refractivity contribution in [2.75, 3.05) is 0 Å². The molecular weight excluding hydrogens is 248 g/mol. The van der Waals surface area contributed by atoms with Crippen LogP contribution in [0, 0.1) is 6.92 Å². The van der Waals surface area contributed by atoms with Crippen molar-refractivity contribution in [2.24, 2.45) is 0 Å². The molecule has 106 valence electrons. The number of rotatable bonds is 2. The van der Waals surface area contributed by atoms with Crippen molar-refractivity contribution in [3.05, 3.63) is 46.2 Å². The van der Waals surface area contributed by atoms with Gasteiger partial charge in [-0.05, 0) is 25.3 Å². The first-order valence-electron chi connectivity index (χ1n) is 7.64. The normalized spacial score (nSPS) is 17.1. The van der Waals surface area contributed by atoms with E-state index in [4.69, 9.17) is 0 Å². The van der Waals surface area contributed by atoms with Crippen molar-refractivity contribution >= 4 is 0 Å².